The molecule has 0 saturated heterocycles. The summed E-state index contributed by atoms with van der Waals surface area (Å²) in [5, 5.41) is 18.5. The van der Waals surface area contributed by atoms with Crippen molar-refractivity contribution < 1.29 is 19.1 Å². The second-order valence-corrected chi connectivity index (χ2v) is 7.37. The molecule has 3 rings (SSSR count). The lowest BCUT2D eigenvalue weighted by atomic mass is 10.1. The van der Waals surface area contributed by atoms with Crippen molar-refractivity contribution in [3.05, 3.63) is 59.7 Å². The number of aromatic nitrogens is 2. The van der Waals surface area contributed by atoms with Crippen LogP contribution in [0.3, 0.4) is 0 Å². The summed E-state index contributed by atoms with van der Waals surface area (Å²) < 4.78 is 6.20. The van der Waals surface area contributed by atoms with E-state index in [4.69, 9.17) is 4.52 Å². The molecule has 1 heterocycles. The molecule has 6 nitrogen and oxygen atoms in total. The van der Waals surface area contributed by atoms with E-state index in [-0.39, 0.29) is 10.9 Å². The second-order valence-electron chi connectivity index (χ2n) is 6.04. The summed E-state index contributed by atoms with van der Waals surface area (Å²) in [6.07, 6.45) is 0. The van der Waals surface area contributed by atoms with Crippen LogP contribution in [0.2, 0.25) is 0 Å². The van der Waals surface area contributed by atoms with Crippen molar-refractivity contribution in [2.75, 3.05) is 5.32 Å². The van der Waals surface area contributed by atoms with Crippen molar-refractivity contribution in [2.24, 2.45) is 0 Å². The Morgan fingerprint density at radius 2 is 1.85 bits per heavy atom. The molecule has 134 valence electrons. The zero-order valence-corrected chi connectivity index (χ0v) is 15.5. The standard InChI is InChI=1S/C19H19N3O3S/c1-12-9-13(2)11-15(10-12)20-17(23)14(3)26-18-19(24)25-21-22(18)16-7-5-4-6-8-16/h4-11,14H,1-3H3,(H-,20,21,23,24). The zero-order chi connectivity index (χ0) is 18.7. The molecule has 1 N–H and O–H groups in total. The average Bonchev–Trinajstić information content (AvgIpc) is 2.95. The molecule has 1 aromatic heterocycles. The van der Waals surface area contributed by atoms with Crippen LogP contribution in [-0.2, 0) is 4.79 Å². The van der Waals surface area contributed by atoms with E-state index < -0.39 is 11.2 Å². The van der Waals surface area contributed by atoms with Crippen molar-refractivity contribution in [1.82, 2.24) is 5.27 Å². The summed E-state index contributed by atoms with van der Waals surface area (Å²) in [6, 6.07) is 15.0. The molecule has 0 aliphatic rings. The van der Waals surface area contributed by atoms with E-state index in [9.17, 15) is 9.90 Å². The highest BCUT2D eigenvalue weighted by molar-refractivity contribution is 8.00. The van der Waals surface area contributed by atoms with Gasteiger partial charge in [-0.05, 0) is 60.5 Å². The van der Waals surface area contributed by atoms with Gasteiger partial charge in [0.1, 0.15) is 0 Å². The minimum atomic E-state index is -0.565. The molecule has 1 atom stereocenters. The van der Waals surface area contributed by atoms with Gasteiger partial charge in [-0.2, -0.15) is 0 Å². The maximum atomic E-state index is 12.5. The van der Waals surface area contributed by atoms with E-state index in [1.165, 1.54) is 4.68 Å². The number of nitrogens with one attached hydrogen (secondary N) is 1. The van der Waals surface area contributed by atoms with Crippen LogP contribution in [0.4, 0.5) is 5.69 Å². The first-order valence-corrected chi connectivity index (χ1v) is 9.02. The molecule has 26 heavy (non-hydrogen) atoms. The van der Waals surface area contributed by atoms with Crippen LogP contribution in [-0.4, -0.2) is 16.4 Å². The van der Waals surface area contributed by atoms with Crippen molar-refractivity contribution in [1.29, 1.82) is 0 Å². The van der Waals surface area contributed by atoms with Crippen molar-refractivity contribution in [3.63, 3.8) is 0 Å². The lowest BCUT2D eigenvalue weighted by molar-refractivity contribution is -0.705. The molecule has 3 aromatic rings. The van der Waals surface area contributed by atoms with Crippen LogP contribution in [0.1, 0.15) is 18.1 Å². The number of carbonyl (C=O) groups excluding carboxylic acids is 1. The van der Waals surface area contributed by atoms with E-state index >= 15 is 0 Å². The smallest absolute Gasteiger partial charge is 0.298 e. The largest absolute Gasteiger partial charge is 0.538 e. The minimum Gasteiger partial charge on any atom is -0.538 e. The van der Waals surface area contributed by atoms with Gasteiger partial charge < -0.3 is 14.9 Å². The van der Waals surface area contributed by atoms with Crippen LogP contribution in [0.25, 0.3) is 5.69 Å². The van der Waals surface area contributed by atoms with E-state index in [0.29, 0.717) is 5.69 Å². The van der Waals surface area contributed by atoms with Gasteiger partial charge in [-0.1, -0.05) is 24.3 Å². The Balaban J connectivity index is 1.77. The number of thioether (sulfide) groups is 1. The van der Waals surface area contributed by atoms with Crippen molar-refractivity contribution in [2.45, 2.75) is 31.0 Å². The van der Waals surface area contributed by atoms with Crippen LogP contribution < -0.4 is 15.1 Å². The van der Waals surface area contributed by atoms with E-state index in [1.807, 2.05) is 62.4 Å². The quantitative estimate of drug-likeness (QED) is 0.552. The number of rotatable bonds is 5. The lowest BCUT2D eigenvalue weighted by Gasteiger charge is -2.11. The van der Waals surface area contributed by atoms with Crippen molar-refractivity contribution in [3.8, 4) is 11.6 Å². The molecule has 1 amide bonds. The predicted octanol–water partition coefficient (Wildman–Crippen LogP) is 2.76. The number of hydrogen-bond acceptors (Lipinski definition) is 5. The lowest BCUT2D eigenvalue weighted by Crippen LogP contribution is -2.36. The Morgan fingerprint density at radius 1 is 1.19 bits per heavy atom. The normalized spacial score (nSPS) is 12.0. The maximum absolute atomic E-state index is 12.5. The molecule has 1 unspecified atom stereocenters. The Morgan fingerprint density at radius 3 is 2.50 bits per heavy atom. The highest BCUT2D eigenvalue weighted by Gasteiger charge is 2.26. The molecular weight excluding hydrogens is 350 g/mol. The fourth-order valence-corrected chi connectivity index (χ4v) is 3.46. The SMILES string of the molecule is Cc1cc(C)cc(NC(=O)C(C)Sc2c([O-])on[n+]2-c2ccccc2)c1. The first kappa shape index (κ1) is 18.0. The Bertz CT molecular complexity index is 905. The minimum absolute atomic E-state index is 0.194. The van der Waals surface area contributed by atoms with Gasteiger partial charge >= 0.3 is 0 Å². The summed E-state index contributed by atoms with van der Waals surface area (Å²) in [4.78, 5) is 12.5. The molecule has 0 bridgehead atoms. The topological polar surface area (TPSA) is 82.1 Å². The number of amides is 1. The number of hydrogen-bond donors (Lipinski definition) is 1. The molecule has 0 fully saturated rings. The fourth-order valence-electron chi connectivity index (χ4n) is 2.58. The number of para-hydroxylation sites is 1. The first-order valence-electron chi connectivity index (χ1n) is 8.14. The Kier molecular flexibility index (Phi) is 5.27. The average molecular weight is 369 g/mol. The molecule has 0 spiro atoms. The van der Waals surface area contributed by atoms with E-state index in [1.54, 1.807) is 6.92 Å². The summed E-state index contributed by atoms with van der Waals surface area (Å²) in [6.45, 7) is 5.69. The van der Waals surface area contributed by atoms with E-state index in [2.05, 4.69) is 10.6 Å². The van der Waals surface area contributed by atoms with Gasteiger partial charge in [0.05, 0.1) is 10.5 Å². The van der Waals surface area contributed by atoms with Crippen LogP contribution in [0.5, 0.6) is 5.95 Å². The molecule has 0 saturated carbocycles. The number of benzene rings is 2. The molecular formula is C19H19N3O3S. The third-order valence-electron chi connectivity index (χ3n) is 3.72. The molecule has 0 aliphatic carbocycles. The van der Waals surface area contributed by atoms with Gasteiger partial charge in [-0.15, -0.1) is 0 Å². The molecule has 2 aromatic carbocycles. The van der Waals surface area contributed by atoms with Gasteiger partial charge in [0.2, 0.25) is 11.6 Å². The number of carbonyl (C=O) groups is 1. The predicted molar refractivity (Wildman–Crippen MR) is 97.3 cm³/mol. The monoisotopic (exact) mass is 369 g/mol. The van der Waals surface area contributed by atoms with Crippen molar-refractivity contribution >= 4 is 23.4 Å². The first-order chi connectivity index (χ1) is 12.4. The second kappa shape index (κ2) is 7.61. The van der Waals surface area contributed by atoms with Gasteiger partial charge in [0.25, 0.3) is 5.03 Å². The Hall–Kier alpha value is -2.80. The van der Waals surface area contributed by atoms with Crippen LogP contribution in [0.15, 0.2) is 58.1 Å². The number of nitrogens with zero attached hydrogens (tertiary/aromatic N) is 2. The Labute approximate surface area is 155 Å². The van der Waals surface area contributed by atoms with Gasteiger partial charge in [0.15, 0.2) is 5.95 Å². The molecule has 7 heteroatoms. The fraction of sp³-hybridized carbons (Fsp3) is 0.211. The highest BCUT2D eigenvalue weighted by Crippen LogP contribution is 2.28. The summed E-state index contributed by atoms with van der Waals surface area (Å²) in [5.74, 6) is -0.759. The summed E-state index contributed by atoms with van der Waals surface area (Å²) in [7, 11) is 0. The van der Waals surface area contributed by atoms with Crippen LogP contribution in [0, 0.1) is 13.8 Å². The molecule has 0 radical (unpaired) electrons. The van der Waals surface area contributed by atoms with Gasteiger partial charge in [0, 0.05) is 17.8 Å². The van der Waals surface area contributed by atoms with Crippen LogP contribution >= 0.6 is 11.8 Å². The number of anilines is 1. The van der Waals surface area contributed by atoms with Gasteiger partial charge in [-0.3, -0.25) is 4.79 Å². The van der Waals surface area contributed by atoms with E-state index in [0.717, 1.165) is 28.6 Å². The zero-order valence-electron chi connectivity index (χ0n) is 14.7. The summed E-state index contributed by atoms with van der Waals surface area (Å²) in [5.41, 5.74) is 3.58. The maximum Gasteiger partial charge on any atom is 0.298 e. The third kappa shape index (κ3) is 4.05. The highest BCUT2D eigenvalue weighted by atomic mass is 32.2. The third-order valence-corrected chi connectivity index (χ3v) is 4.85. The summed E-state index contributed by atoms with van der Waals surface area (Å²) >= 11 is 1.12. The number of aryl methyl sites for hydroxylation is 2. The van der Waals surface area contributed by atoms with Gasteiger partial charge in [-0.25, -0.2) is 0 Å². The molecule has 0 aliphatic heterocycles.